The number of benzene rings is 2. The maximum atomic E-state index is 14.6. The average molecular weight is 421 g/mol. The van der Waals surface area contributed by atoms with Gasteiger partial charge in [-0.25, -0.2) is 19.0 Å². The van der Waals surface area contributed by atoms with Gasteiger partial charge in [-0.05, 0) is 36.8 Å². The Morgan fingerprint density at radius 2 is 1.77 bits per heavy atom. The van der Waals surface area contributed by atoms with Crippen LogP contribution < -0.4 is 4.90 Å². The normalized spacial score (nSPS) is 13.4. The van der Waals surface area contributed by atoms with Crippen molar-refractivity contribution in [1.82, 2.24) is 14.8 Å². The molecule has 1 aliphatic heterocycles. The van der Waals surface area contributed by atoms with Gasteiger partial charge in [0.2, 0.25) is 0 Å². The van der Waals surface area contributed by atoms with Gasteiger partial charge in [0.15, 0.2) is 5.65 Å². The summed E-state index contributed by atoms with van der Waals surface area (Å²) in [6.45, 7) is 1.73. The molecule has 0 bridgehead atoms. The molecule has 0 radical (unpaired) electrons. The Morgan fingerprint density at radius 1 is 1.03 bits per heavy atom. The van der Waals surface area contributed by atoms with Gasteiger partial charge in [-0.2, -0.15) is 5.10 Å². The lowest BCUT2D eigenvalue weighted by molar-refractivity contribution is 0.0925. The second-order valence-corrected chi connectivity index (χ2v) is 7.56. The van der Waals surface area contributed by atoms with Gasteiger partial charge < -0.3 is 0 Å². The number of halogens is 2. The molecule has 1 aliphatic rings. The zero-order chi connectivity index (χ0) is 21.2. The monoisotopic (exact) mass is 420 g/mol. The number of aromatic nitrogens is 3. The molecule has 0 fully saturated rings. The number of aryl methyl sites for hydroxylation is 2. The van der Waals surface area contributed by atoms with Crippen LogP contribution in [-0.4, -0.2) is 26.6 Å². The van der Waals surface area contributed by atoms with Crippen molar-refractivity contribution in [3.05, 3.63) is 76.2 Å². The summed E-state index contributed by atoms with van der Waals surface area (Å²) >= 11 is 5.99. The quantitative estimate of drug-likeness (QED) is 0.446. The van der Waals surface area contributed by atoms with Crippen molar-refractivity contribution in [3.63, 3.8) is 0 Å². The zero-order valence-corrected chi connectivity index (χ0v) is 16.7. The van der Waals surface area contributed by atoms with Crippen LogP contribution in [0, 0.1) is 12.7 Å². The molecular formula is C22H14ClFN4O2. The van der Waals surface area contributed by atoms with Crippen molar-refractivity contribution in [2.75, 3.05) is 4.90 Å². The second kappa shape index (κ2) is 6.47. The van der Waals surface area contributed by atoms with Gasteiger partial charge in [-0.1, -0.05) is 29.8 Å². The number of carbonyl (C=O) groups excluding carboxylic acids is 2. The minimum absolute atomic E-state index is 0.0862. The molecule has 148 valence electrons. The minimum Gasteiger partial charge on any atom is -0.268 e. The predicted octanol–water partition coefficient (Wildman–Crippen LogP) is 4.54. The highest BCUT2D eigenvalue weighted by Gasteiger charge is 2.41. The van der Waals surface area contributed by atoms with E-state index in [1.54, 1.807) is 49.0 Å². The van der Waals surface area contributed by atoms with Crippen molar-refractivity contribution in [2.45, 2.75) is 6.92 Å². The summed E-state index contributed by atoms with van der Waals surface area (Å²) in [7, 11) is 1.71. The molecule has 0 N–H and O–H groups in total. The van der Waals surface area contributed by atoms with Gasteiger partial charge in [0.05, 0.1) is 22.2 Å². The molecule has 0 atom stereocenters. The Bertz CT molecular complexity index is 1380. The number of rotatable bonds is 2. The summed E-state index contributed by atoms with van der Waals surface area (Å²) in [5, 5.41) is 5.52. The maximum Gasteiger partial charge on any atom is 0.267 e. The van der Waals surface area contributed by atoms with Crippen LogP contribution in [-0.2, 0) is 7.05 Å². The second-order valence-electron chi connectivity index (χ2n) is 7.13. The first-order chi connectivity index (χ1) is 14.4. The van der Waals surface area contributed by atoms with Gasteiger partial charge >= 0.3 is 0 Å². The summed E-state index contributed by atoms with van der Waals surface area (Å²) in [4.78, 5) is 31.6. The van der Waals surface area contributed by atoms with Crippen LogP contribution in [0.15, 0.2) is 48.7 Å². The van der Waals surface area contributed by atoms with Crippen molar-refractivity contribution >= 4 is 40.1 Å². The number of fused-ring (bicyclic) bond motifs is 3. The molecule has 3 heterocycles. The van der Waals surface area contributed by atoms with Gasteiger partial charge in [-0.15, -0.1) is 0 Å². The largest absolute Gasteiger partial charge is 0.268 e. The molecule has 5 rings (SSSR count). The van der Waals surface area contributed by atoms with E-state index in [9.17, 15) is 14.0 Å². The van der Waals surface area contributed by atoms with E-state index in [0.717, 1.165) is 10.5 Å². The standard InChI is InChI=1S/C22H14ClFN4O2/c1-11-3-8-16(15(24)9-11)28-21(29)14-10-25-20-18(17(14)22(28)30)19(26-27(20)2)12-4-6-13(23)7-5-12/h3-10H,1-2H3. The Kier molecular flexibility index (Phi) is 3.98. The van der Waals surface area contributed by atoms with Crippen LogP contribution in [0.3, 0.4) is 0 Å². The Hall–Kier alpha value is -3.58. The number of pyridine rings is 1. The predicted molar refractivity (Wildman–Crippen MR) is 111 cm³/mol. The summed E-state index contributed by atoms with van der Waals surface area (Å²) in [5.74, 6) is -1.86. The smallest absolute Gasteiger partial charge is 0.267 e. The molecule has 0 saturated carbocycles. The van der Waals surface area contributed by atoms with Crippen molar-refractivity contribution in [3.8, 4) is 11.3 Å². The van der Waals surface area contributed by atoms with Gasteiger partial charge in [0.1, 0.15) is 11.5 Å². The summed E-state index contributed by atoms with van der Waals surface area (Å²) in [6, 6.07) is 11.4. The highest BCUT2D eigenvalue weighted by molar-refractivity contribution is 6.38. The molecule has 30 heavy (non-hydrogen) atoms. The molecular weight excluding hydrogens is 407 g/mol. The van der Waals surface area contributed by atoms with Crippen LogP contribution >= 0.6 is 11.6 Å². The molecule has 2 amide bonds. The highest BCUT2D eigenvalue weighted by Crippen LogP contribution is 2.37. The van der Waals surface area contributed by atoms with Gasteiger partial charge in [0, 0.05) is 23.8 Å². The first kappa shape index (κ1) is 18.4. The third-order valence-corrected chi connectivity index (χ3v) is 5.42. The van der Waals surface area contributed by atoms with Crippen molar-refractivity contribution in [1.29, 1.82) is 0 Å². The van der Waals surface area contributed by atoms with E-state index < -0.39 is 17.6 Å². The lowest BCUT2D eigenvalue weighted by Gasteiger charge is -2.15. The molecule has 4 aromatic rings. The summed E-state index contributed by atoms with van der Waals surface area (Å²) < 4.78 is 16.1. The summed E-state index contributed by atoms with van der Waals surface area (Å²) in [5.41, 5.74) is 2.57. The minimum atomic E-state index is -0.641. The highest BCUT2D eigenvalue weighted by atomic mass is 35.5. The average Bonchev–Trinajstić information content (AvgIpc) is 3.18. The Labute approximate surface area is 175 Å². The SMILES string of the molecule is Cc1ccc(N2C(=O)c3cnc4c(c(-c5ccc(Cl)cc5)nn4C)c3C2=O)c(F)c1. The van der Waals surface area contributed by atoms with E-state index in [1.165, 1.54) is 18.3 Å². The van der Waals surface area contributed by atoms with Gasteiger partial charge in [0.25, 0.3) is 11.8 Å². The van der Waals surface area contributed by atoms with Crippen molar-refractivity contribution in [2.24, 2.45) is 7.05 Å². The van der Waals surface area contributed by atoms with Crippen LogP contribution in [0.4, 0.5) is 10.1 Å². The zero-order valence-electron chi connectivity index (χ0n) is 16.0. The van der Waals surface area contributed by atoms with E-state index >= 15 is 0 Å². The molecule has 0 saturated heterocycles. The van der Waals surface area contributed by atoms with Crippen LogP contribution in [0.2, 0.25) is 5.02 Å². The third kappa shape index (κ3) is 2.55. The van der Waals surface area contributed by atoms with Crippen LogP contribution in [0.25, 0.3) is 22.3 Å². The summed E-state index contributed by atoms with van der Waals surface area (Å²) in [6.07, 6.45) is 1.34. The van der Waals surface area contributed by atoms with E-state index in [1.807, 2.05) is 0 Å². The van der Waals surface area contributed by atoms with Crippen molar-refractivity contribution < 1.29 is 14.0 Å². The van der Waals surface area contributed by atoms with Crippen LogP contribution in [0.1, 0.15) is 26.3 Å². The number of nitrogens with zero attached hydrogens (tertiary/aromatic N) is 4. The molecule has 0 aliphatic carbocycles. The maximum absolute atomic E-state index is 14.6. The number of hydrogen-bond donors (Lipinski definition) is 0. The Morgan fingerprint density at radius 3 is 2.47 bits per heavy atom. The topological polar surface area (TPSA) is 68.1 Å². The van der Waals surface area contributed by atoms with Gasteiger partial charge in [-0.3, -0.25) is 9.59 Å². The molecule has 2 aromatic carbocycles. The van der Waals surface area contributed by atoms with E-state index in [2.05, 4.69) is 10.1 Å². The van der Waals surface area contributed by atoms with E-state index in [-0.39, 0.29) is 16.8 Å². The molecule has 0 spiro atoms. The molecule has 8 heteroatoms. The number of amides is 2. The first-order valence-electron chi connectivity index (χ1n) is 9.13. The first-order valence-corrected chi connectivity index (χ1v) is 9.51. The van der Waals surface area contributed by atoms with Crippen LogP contribution in [0.5, 0.6) is 0 Å². The third-order valence-electron chi connectivity index (χ3n) is 5.16. The fraction of sp³-hybridized carbons (Fsp3) is 0.0909. The lowest BCUT2D eigenvalue weighted by Crippen LogP contribution is -2.30. The fourth-order valence-electron chi connectivity index (χ4n) is 3.75. The van der Waals surface area contributed by atoms with E-state index in [0.29, 0.717) is 27.3 Å². The van der Waals surface area contributed by atoms with E-state index in [4.69, 9.17) is 11.6 Å². The molecule has 0 unspecified atom stereocenters. The molecule has 2 aromatic heterocycles. The number of carbonyl (C=O) groups is 2. The lowest BCUT2D eigenvalue weighted by atomic mass is 10.0. The Balaban J connectivity index is 1.76. The fourth-order valence-corrected chi connectivity index (χ4v) is 3.87. The number of hydrogen-bond acceptors (Lipinski definition) is 4. The number of anilines is 1. The molecule has 6 nitrogen and oxygen atoms in total. The number of imide groups is 1.